The third kappa shape index (κ3) is 2.19. The molecule has 0 aromatic heterocycles. The van der Waals surface area contributed by atoms with Gasteiger partial charge in [-0.05, 0) is 6.92 Å². The van der Waals surface area contributed by atoms with Crippen LogP contribution < -0.4 is 11.1 Å². The predicted octanol–water partition coefficient (Wildman–Crippen LogP) is -0.514. The van der Waals surface area contributed by atoms with E-state index in [4.69, 9.17) is 10.5 Å². The summed E-state index contributed by atoms with van der Waals surface area (Å²) in [6.07, 6.45) is 0. The Balaban J connectivity index is 2.21. The molecule has 1 rings (SSSR count). The van der Waals surface area contributed by atoms with E-state index in [0.717, 1.165) is 13.2 Å². The quantitative estimate of drug-likeness (QED) is 0.602. The first-order valence-electron chi connectivity index (χ1n) is 4.15. The SMILES string of the molecule is C[C@@H](N)C(=O)NCC1(C)COC1. The first-order chi connectivity index (χ1) is 5.53. The van der Waals surface area contributed by atoms with Gasteiger partial charge in [-0.1, -0.05) is 6.92 Å². The zero-order chi connectivity index (χ0) is 9.19. The summed E-state index contributed by atoms with van der Waals surface area (Å²) in [7, 11) is 0. The predicted molar refractivity (Wildman–Crippen MR) is 45.6 cm³/mol. The summed E-state index contributed by atoms with van der Waals surface area (Å²) in [4.78, 5) is 11.1. The summed E-state index contributed by atoms with van der Waals surface area (Å²) in [5.41, 5.74) is 5.51. The van der Waals surface area contributed by atoms with Gasteiger partial charge in [0.25, 0.3) is 0 Å². The van der Waals surface area contributed by atoms with Crippen molar-refractivity contribution < 1.29 is 9.53 Å². The highest BCUT2D eigenvalue weighted by molar-refractivity contribution is 5.80. The van der Waals surface area contributed by atoms with E-state index in [9.17, 15) is 4.79 Å². The molecule has 0 aromatic carbocycles. The van der Waals surface area contributed by atoms with E-state index in [1.54, 1.807) is 6.92 Å². The molecule has 12 heavy (non-hydrogen) atoms. The molecule has 0 unspecified atom stereocenters. The normalized spacial score (nSPS) is 22.6. The minimum Gasteiger partial charge on any atom is -0.380 e. The van der Waals surface area contributed by atoms with Crippen LogP contribution in [0.3, 0.4) is 0 Å². The van der Waals surface area contributed by atoms with Crippen LogP contribution in [0.25, 0.3) is 0 Å². The second kappa shape index (κ2) is 3.41. The molecule has 0 aromatic rings. The van der Waals surface area contributed by atoms with Gasteiger partial charge in [-0.2, -0.15) is 0 Å². The molecule has 1 fully saturated rings. The van der Waals surface area contributed by atoms with Crippen LogP contribution in [0.15, 0.2) is 0 Å². The molecule has 1 heterocycles. The van der Waals surface area contributed by atoms with Crippen molar-refractivity contribution >= 4 is 5.91 Å². The van der Waals surface area contributed by atoms with Crippen molar-refractivity contribution in [3.63, 3.8) is 0 Å². The highest BCUT2D eigenvalue weighted by Gasteiger charge is 2.33. The molecule has 1 amide bonds. The molecule has 0 aliphatic carbocycles. The van der Waals surface area contributed by atoms with Crippen LogP contribution in [0, 0.1) is 5.41 Å². The Bertz CT molecular complexity index is 176. The van der Waals surface area contributed by atoms with Crippen LogP contribution in [-0.4, -0.2) is 31.7 Å². The number of nitrogens with two attached hydrogens (primary N) is 1. The topological polar surface area (TPSA) is 64.4 Å². The maximum absolute atomic E-state index is 11.1. The average molecular weight is 172 g/mol. The lowest BCUT2D eigenvalue weighted by Gasteiger charge is -2.38. The molecule has 0 spiro atoms. The van der Waals surface area contributed by atoms with Crippen molar-refractivity contribution in [3.8, 4) is 0 Å². The molecule has 0 saturated carbocycles. The molecule has 1 aliphatic rings. The smallest absolute Gasteiger partial charge is 0.236 e. The summed E-state index contributed by atoms with van der Waals surface area (Å²) in [5, 5.41) is 2.78. The molecule has 4 nitrogen and oxygen atoms in total. The lowest BCUT2D eigenvalue weighted by atomic mass is 9.89. The summed E-state index contributed by atoms with van der Waals surface area (Å²) in [6, 6.07) is -0.422. The fourth-order valence-electron chi connectivity index (χ4n) is 1.01. The van der Waals surface area contributed by atoms with E-state index < -0.39 is 6.04 Å². The number of ether oxygens (including phenoxy) is 1. The van der Waals surface area contributed by atoms with E-state index in [1.165, 1.54) is 0 Å². The van der Waals surface area contributed by atoms with Crippen molar-refractivity contribution in [2.45, 2.75) is 19.9 Å². The lowest BCUT2D eigenvalue weighted by molar-refractivity contribution is -0.127. The molecular formula is C8H16N2O2. The molecule has 1 atom stereocenters. The molecule has 3 N–H and O–H groups in total. The highest BCUT2D eigenvalue weighted by atomic mass is 16.5. The first-order valence-corrected chi connectivity index (χ1v) is 4.15. The van der Waals surface area contributed by atoms with Gasteiger partial charge in [0, 0.05) is 12.0 Å². The van der Waals surface area contributed by atoms with Crippen LogP contribution in [0.1, 0.15) is 13.8 Å². The summed E-state index contributed by atoms with van der Waals surface area (Å²) >= 11 is 0. The van der Waals surface area contributed by atoms with Crippen molar-refractivity contribution in [1.29, 1.82) is 0 Å². The van der Waals surface area contributed by atoms with Crippen LogP contribution in [0.4, 0.5) is 0 Å². The zero-order valence-electron chi connectivity index (χ0n) is 7.59. The Morgan fingerprint density at radius 1 is 1.75 bits per heavy atom. The fourth-order valence-corrected chi connectivity index (χ4v) is 1.01. The third-order valence-corrected chi connectivity index (χ3v) is 2.00. The van der Waals surface area contributed by atoms with Gasteiger partial charge in [0.05, 0.1) is 19.3 Å². The Morgan fingerprint density at radius 2 is 2.33 bits per heavy atom. The van der Waals surface area contributed by atoms with Crippen molar-refractivity contribution in [2.75, 3.05) is 19.8 Å². The maximum atomic E-state index is 11.1. The highest BCUT2D eigenvalue weighted by Crippen LogP contribution is 2.24. The molecule has 0 radical (unpaired) electrons. The zero-order valence-corrected chi connectivity index (χ0v) is 7.59. The summed E-state index contributed by atoms with van der Waals surface area (Å²) in [5.74, 6) is -0.0943. The van der Waals surface area contributed by atoms with Gasteiger partial charge in [-0.3, -0.25) is 4.79 Å². The minimum atomic E-state index is -0.422. The van der Waals surface area contributed by atoms with Gasteiger partial charge in [-0.15, -0.1) is 0 Å². The molecule has 1 aliphatic heterocycles. The number of nitrogens with one attached hydrogen (secondary N) is 1. The molecule has 0 bridgehead atoms. The van der Waals surface area contributed by atoms with Crippen molar-refractivity contribution in [1.82, 2.24) is 5.32 Å². The standard InChI is InChI=1S/C8H16N2O2/c1-6(9)7(11)10-3-8(2)4-12-5-8/h6H,3-5,9H2,1-2H3,(H,10,11)/t6-/m1/s1. The number of rotatable bonds is 3. The fraction of sp³-hybridized carbons (Fsp3) is 0.875. The van der Waals surface area contributed by atoms with Crippen LogP contribution >= 0.6 is 0 Å². The van der Waals surface area contributed by atoms with E-state index in [0.29, 0.717) is 6.54 Å². The Morgan fingerprint density at radius 3 is 2.67 bits per heavy atom. The largest absolute Gasteiger partial charge is 0.380 e. The molecule has 1 saturated heterocycles. The monoisotopic (exact) mass is 172 g/mol. The van der Waals surface area contributed by atoms with Gasteiger partial charge in [0.1, 0.15) is 0 Å². The summed E-state index contributed by atoms with van der Waals surface area (Å²) in [6.45, 7) is 5.87. The Labute approximate surface area is 72.5 Å². The molecule has 4 heteroatoms. The van der Waals surface area contributed by atoms with Gasteiger partial charge >= 0.3 is 0 Å². The van der Waals surface area contributed by atoms with Gasteiger partial charge in [0.15, 0.2) is 0 Å². The number of carbonyl (C=O) groups is 1. The van der Waals surface area contributed by atoms with Gasteiger partial charge < -0.3 is 15.8 Å². The van der Waals surface area contributed by atoms with Crippen molar-refractivity contribution in [3.05, 3.63) is 0 Å². The average Bonchev–Trinajstić information content (AvgIpc) is 1.96. The number of hydrogen-bond donors (Lipinski definition) is 2. The van der Waals surface area contributed by atoms with Crippen LogP contribution in [-0.2, 0) is 9.53 Å². The lowest BCUT2D eigenvalue weighted by Crippen LogP contribution is -2.51. The summed E-state index contributed by atoms with van der Waals surface area (Å²) < 4.78 is 5.05. The van der Waals surface area contributed by atoms with Gasteiger partial charge in [-0.25, -0.2) is 0 Å². The van der Waals surface area contributed by atoms with E-state index in [1.807, 2.05) is 0 Å². The Kier molecular flexibility index (Phi) is 2.69. The maximum Gasteiger partial charge on any atom is 0.236 e. The van der Waals surface area contributed by atoms with Crippen molar-refractivity contribution in [2.24, 2.45) is 11.1 Å². The van der Waals surface area contributed by atoms with Crippen LogP contribution in [0.2, 0.25) is 0 Å². The second-order valence-corrected chi connectivity index (χ2v) is 3.81. The third-order valence-electron chi connectivity index (χ3n) is 2.00. The van der Waals surface area contributed by atoms with Crippen LogP contribution in [0.5, 0.6) is 0 Å². The van der Waals surface area contributed by atoms with E-state index in [2.05, 4.69) is 12.2 Å². The number of amides is 1. The Hall–Kier alpha value is -0.610. The number of carbonyl (C=O) groups excluding carboxylic acids is 1. The first kappa shape index (κ1) is 9.48. The second-order valence-electron chi connectivity index (χ2n) is 3.81. The van der Waals surface area contributed by atoms with Gasteiger partial charge in [0.2, 0.25) is 5.91 Å². The number of hydrogen-bond acceptors (Lipinski definition) is 3. The molecular weight excluding hydrogens is 156 g/mol. The molecule has 70 valence electrons. The van der Waals surface area contributed by atoms with E-state index >= 15 is 0 Å². The van der Waals surface area contributed by atoms with E-state index in [-0.39, 0.29) is 11.3 Å². The minimum absolute atomic E-state index is 0.0943.